The van der Waals surface area contributed by atoms with Gasteiger partial charge < -0.3 is 9.88 Å². The van der Waals surface area contributed by atoms with Gasteiger partial charge in [0, 0.05) is 25.1 Å². The highest BCUT2D eigenvalue weighted by Gasteiger charge is 2.32. The zero-order valence-corrected chi connectivity index (χ0v) is 18.5. The van der Waals surface area contributed by atoms with Gasteiger partial charge in [0.15, 0.2) is 5.16 Å². The fraction of sp³-hybridized carbons (Fsp3) is 0.292. The SMILES string of the molecule is Cc1ccc(C)c(C2CC(=O)Nc3c2c(=O)nc(SCc2ccccc2C)n3C)c1. The molecule has 1 aromatic heterocycles. The van der Waals surface area contributed by atoms with Gasteiger partial charge >= 0.3 is 0 Å². The quantitative estimate of drug-likeness (QED) is 0.501. The van der Waals surface area contributed by atoms with Crippen molar-refractivity contribution in [3.8, 4) is 0 Å². The number of aromatic nitrogens is 2. The third-order valence-electron chi connectivity index (χ3n) is 5.73. The molecule has 0 fully saturated rings. The molecule has 1 aliphatic rings. The minimum Gasteiger partial charge on any atom is -0.312 e. The topological polar surface area (TPSA) is 64.0 Å². The highest BCUT2D eigenvalue weighted by molar-refractivity contribution is 7.98. The maximum atomic E-state index is 13.1. The average Bonchev–Trinajstić information content (AvgIpc) is 2.71. The number of hydrogen-bond donors (Lipinski definition) is 1. The summed E-state index contributed by atoms with van der Waals surface area (Å²) in [6, 6.07) is 14.3. The molecule has 30 heavy (non-hydrogen) atoms. The third kappa shape index (κ3) is 3.79. The van der Waals surface area contributed by atoms with Crippen molar-refractivity contribution in [1.29, 1.82) is 0 Å². The van der Waals surface area contributed by atoms with Crippen LogP contribution >= 0.6 is 11.8 Å². The van der Waals surface area contributed by atoms with Crippen molar-refractivity contribution in [1.82, 2.24) is 9.55 Å². The van der Waals surface area contributed by atoms with Crippen molar-refractivity contribution in [2.45, 2.75) is 44.0 Å². The second-order valence-electron chi connectivity index (χ2n) is 7.90. The molecule has 1 atom stereocenters. The molecule has 0 saturated carbocycles. The van der Waals surface area contributed by atoms with Crippen molar-refractivity contribution in [3.63, 3.8) is 0 Å². The van der Waals surface area contributed by atoms with Crippen LogP contribution in [0.2, 0.25) is 0 Å². The lowest BCUT2D eigenvalue weighted by atomic mass is 9.84. The maximum Gasteiger partial charge on any atom is 0.279 e. The molecular weight excluding hydrogens is 394 g/mol. The number of aryl methyl sites for hydroxylation is 3. The Morgan fingerprint density at radius 3 is 2.63 bits per heavy atom. The van der Waals surface area contributed by atoms with Crippen LogP contribution in [0, 0.1) is 20.8 Å². The number of hydrogen-bond acceptors (Lipinski definition) is 4. The van der Waals surface area contributed by atoms with E-state index < -0.39 is 0 Å². The van der Waals surface area contributed by atoms with E-state index >= 15 is 0 Å². The number of anilines is 1. The van der Waals surface area contributed by atoms with Crippen molar-refractivity contribution in [3.05, 3.63) is 86.2 Å². The first-order chi connectivity index (χ1) is 14.3. The van der Waals surface area contributed by atoms with Crippen LogP contribution in [0.25, 0.3) is 0 Å². The number of benzene rings is 2. The second kappa shape index (κ2) is 8.11. The van der Waals surface area contributed by atoms with Gasteiger partial charge in [-0.1, -0.05) is 59.8 Å². The molecule has 0 saturated heterocycles. The molecule has 6 heteroatoms. The molecule has 1 N–H and O–H groups in total. The summed E-state index contributed by atoms with van der Waals surface area (Å²) in [5.41, 5.74) is 5.92. The highest BCUT2D eigenvalue weighted by atomic mass is 32.2. The van der Waals surface area contributed by atoms with Crippen molar-refractivity contribution in [2.24, 2.45) is 7.05 Å². The Morgan fingerprint density at radius 1 is 1.10 bits per heavy atom. The molecule has 1 amide bonds. The lowest BCUT2D eigenvalue weighted by Gasteiger charge is -2.28. The first-order valence-corrected chi connectivity index (χ1v) is 11.0. The van der Waals surface area contributed by atoms with Gasteiger partial charge in [0.05, 0.1) is 5.56 Å². The van der Waals surface area contributed by atoms with E-state index in [9.17, 15) is 9.59 Å². The molecule has 0 aliphatic carbocycles. The monoisotopic (exact) mass is 419 g/mol. The molecule has 0 spiro atoms. The number of carbonyl (C=O) groups excluding carboxylic acids is 1. The van der Waals surface area contributed by atoms with E-state index in [0.717, 1.165) is 16.7 Å². The second-order valence-corrected chi connectivity index (χ2v) is 8.84. The van der Waals surface area contributed by atoms with Crippen LogP contribution in [-0.4, -0.2) is 15.5 Å². The number of amides is 1. The van der Waals surface area contributed by atoms with Crippen LogP contribution in [0.3, 0.4) is 0 Å². The fourth-order valence-corrected chi connectivity index (χ4v) is 5.02. The Labute approximate surface area is 180 Å². The Morgan fingerprint density at radius 2 is 1.87 bits per heavy atom. The van der Waals surface area contributed by atoms with E-state index in [0.29, 0.717) is 22.3 Å². The van der Waals surface area contributed by atoms with E-state index in [1.54, 1.807) is 0 Å². The largest absolute Gasteiger partial charge is 0.312 e. The molecular formula is C24H25N3O2S. The Hall–Kier alpha value is -2.86. The summed E-state index contributed by atoms with van der Waals surface area (Å²) in [6.07, 6.45) is 0.254. The smallest absolute Gasteiger partial charge is 0.279 e. The predicted molar refractivity (Wildman–Crippen MR) is 121 cm³/mol. The third-order valence-corrected chi connectivity index (χ3v) is 6.81. The summed E-state index contributed by atoms with van der Waals surface area (Å²) in [5, 5.41) is 3.52. The maximum absolute atomic E-state index is 13.1. The van der Waals surface area contributed by atoms with E-state index in [2.05, 4.69) is 35.4 Å². The molecule has 0 bridgehead atoms. The Balaban J connectivity index is 1.76. The van der Waals surface area contributed by atoms with Crippen molar-refractivity contribution >= 4 is 23.5 Å². The molecule has 154 valence electrons. The van der Waals surface area contributed by atoms with Crippen LogP contribution in [0.4, 0.5) is 5.82 Å². The molecule has 5 nitrogen and oxygen atoms in total. The first kappa shape index (κ1) is 20.4. The molecule has 2 aromatic carbocycles. The van der Waals surface area contributed by atoms with Gasteiger partial charge in [-0.15, -0.1) is 0 Å². The van der Waals surface area contributed by atoms with E-state index in [-0.39, 0.29) is 23.8 Å². The average molecular weight is 420 g/mol. The van der Waals surface area contributed by atoms with Gasteiger partial charge in [-0.05, 0) is 43.0 Å². The predicted octanol–water partition coefficient (Wildman–Crippen LogP) is 4.47. The number of thioether (sulfide) groups is 1. The Kier molecular flexibility index (Phi) is 5.52. The minimum absolute atomic E-state index is 0.0792. The fourth-order valence-electron chi connectivity index (χ4n) is 3.98. The lowest BCUT2D eigenvalue weighted by molar-refractivity contribution is -0.116. The van der Waals surface area contributed by atoms with Crippen LogP contribution in [0.5, 0.6) is 0 Å². The van der Waals surface area contributed by atoms with Crippen molar-refractivity contribution in [2.75, 3.05) is 5.32 Å². The highest BCUT2D eigenvalue weighted by Crippen LogP contribution is 2.37. The van der Waals surface area contributed by atoms with Crippen LogP contribution < -0.4 is 10.9 Å². The van der Waals surface area contributed by atoms with Crippen LogP contribution in [0.15, 0.2) is 52.4 Å². The lowest BCUT2D eigenvalue weighted by Crippen LogP contribution is -2.33. The van der Waals surface area contributed by atoms with Crippen LogP contribution in [-0.2, 0) is 17.6 Å². The van der Waals surface area contributed by atoms with E-state index in [1.807, 2.05) is 49.7 Å². The molecule has 1 aliphatic heterocycles. The number of rotatable bonds is 4. The normalized spacial score (nSPS) is 15.6. The summed E-state index contributed by atoms with van der Waals surface area (Å²) < 4.78 is 1.84. The molecule has 2 heterocycles. The van der Waals surface area contributed by atoms with Gasteiger partial charge in [-0.25, -0.2) is 0 Å². The molecule has 3 aromatic rings. The zero-order chi connectivity index (χ0) is 21.4. The number of nitrogens with zero attached hydrogens (tertiary/aromatic N) is 2. The van der Waals surface area contributed by atoms with Gasteiger partial charge in [0.25, 0.3) is 5.56 Å². The molecule has 4 rings (SSSR count). The summed E-state index contributed by atoms with van der Waals surface area (Å²) in [6.45, 7) is 6.11. The first-order valence-electron chi connectivity index (χ1n) is 10.0. The standard InChI is InChI=1S/C24H25N3O2S/c1-14-9-10-16(3)18(11-14)19-12-20(28)25-22-21(19)23(29)26-24(27(22)4)30-13-17-8-6-5-7-15(17)2/h5-11,19H,12-13H2,1-4H3,(H,25,28). The van der Waals surface area contributed by atoms with Gasteiger partial charge in [0.1, 0.15) is 5.82 Å². The number of carbonyl (C=O) groups is 1. The van der Waals surface area contributed by atoms with Gasteiger partial charge in [-0.2, -0.15) is 4.98 Å². The van der Waals surface area contributed by atoms with E-state index in [4.69, 9.17) is 0 Å². The minimum atomic E-state index is -0.282. The van der Waals surface area contributed by atoms with Crippen LogP contribution in [0.1, 0.15) is 45.7 Å². The Bertz CT molecular complexity index is 1200. The summed E-state index contributed by atoms with van der Waals surface area (Å²) in [7, 11) is 1.86. The summed E-state index contributed by atoms with van der Waals surface area (Å²) in [4.78, 5) is 30.1. The van der Waals surface area contributed by atoms with Gasteiger partial charge in [0.2, 0.25) is 5.91 Å². The number of nitrogens with one attached hydrogen (secondary N) is 1. The summed E-state index contributed by atoms with van der Waals surface area (Å²) >= 11 is 1.51. The van der Waals surface area contributed by atoms with Crippen molar-refractivity contribution < 1.29 is 4.79 Å². The van der Waals surface area contributed by atoms with Gasteiger partial charge in [-0.3, -0.25) is 9.59 Å². The zero-order valence-electron chi connectivity index (χ0n) is 17.7. The van der Waals surface area contributed by atoms with E-state index in [1.165, 1.54) is 22.9 Å². The molecule has 1 unspecified atom stereocenters. The number of fused-ring (bicyclic) bond motifs is 1. The summed E-state index contributed by atoms with van der Waals surface area (Å²) in [5.74, 6) is 0.907. The molecule has 0 radical (unpaired) electrons.